The summed E-state index contributed by atoms with van der Waals surface area (Å²) >= 11 is 0. The smallest absolute Gasteiger partial charge is 0.469 e. The zero-order valence-corrected chi connectivity index (χ0v) is 11.4. The number of aliphatic hydroxyl groups excluding tert-OH is 1. The minimum Gasteiger partial charge on any atom is -0.504 e. The van der Waals surface area contributed by atoms with Gasteiger partial charge in [-0.25, -0.2) is 4.57 Å². The van der Waals surface area contributed by atoms with Gasteiger partial charge >= 0.3 is 7.82 Å². The van der Waals surface area contributed by atoms with Gasteiger partial charge in [0.1, 0.15) is 0 Å². The molecule has 0 saturated heterocycles. The zero-order chi connectivity index (χ0) is 15.1. The maximum absolute atomic E-state index is 9.48. The highest BCUT2D eigenvalue weighted by Crippen LogP contribution is 2.33. The largest absolute Gasteiger partial charge is 0.504 e. The number of hydrogen-bond acceptors (Lipinski definition) is 6. The molecule has 1 unspecified atom stereocenters. The number of phenolic OH excluding ortho intramolecular Hbond substituents is 2. The van der Waals surface area contributed by atoms with Crippen molar-refractivity contribution in [2.24, 2.45) is 0 Å². The van der Waals surface area contributed by atoms with Crippen molar-refractivity contribution in [3.05, 3.63) is 23.8 Å². The molecule has 110 valence electrons. The second-order valence-electron chi connectivity index (χ2n) is 3.49. The minimum absolute atomic E-state index is 0.180. The van der Waals surface area contributed by atoms with Crippen LogP contribution >= 0.6 is 7.82 Å². The van der Waals surface area contributed by atoms with E-state index in [0.29, 0.717) is 12.1 Å². The van der Waals surface area contributed by atoms with Crippen LogP contribution in [-0.2, 0) is 9.09 Å². The highest BCUT2D eigenvalue weighted by atomic mass is 31.2. The number of likely N-dealkylation sites (N-methyl/N-ethyl adjacent to an activating group) is 1. The number of nitrogens with one attached hydrogen (secondary N) is 1. The minimum atomic E-state index is -4.15. The lowest BCUT2D eigenvalue weighted by molar-refractivity contribution is 0.177. The molecule has 1 aromatic carbocycles. The molecule has 0 amide bonds. The molecule has 6 N–H and O–H groups in total. The molecular formula is C10H18NO7P. The summed E-state index contributed by atoms with van der Waals surface area (Å²) in [6.07, 6.45) is -0.670. The Hall–Kier alpha value is -1.15. The van der Waals surface area contributed by atoms with Crippen molar-refractivity contribution >= 4 is 7.82 Å². The number of hydrogen-bond donors (Lipinski definition) is 6. The first-order valence-electron chi connectivity index (χ1n) is 5.17. The molecule has 1 aromatic rings. The Morgan fingerprint density at radius 1 is 1.32 bits per heavy atom. The van der Waals surface area contributed by atoms with Gasteiger partial charge in [-0.3, -0.25) is 4.52 Å². The molecule has 1 rings (SSSR count). The van der Waals surface area contributed by atoms with Gasteiger partial charge in [-0.2, -0.15) is 0 Å². The van der Waals surface area contributed by atoms with Crippen LogP contribution in [-0.4, -0.2) is 45.8 Å². The second-order valence-corrected chi connectivity index (χ2v) is 4.84. The van der Waals surface area contributed by atoms with Crippen LogP contribution in [0.15, 0.2) is 18.2 Å². The van der Waals surface area contributed by atoms with E-state index in [1.54, 1.807) is 13.1 Å². The third-order valence-corrected chi connectivity index (χ3v) is 2.50. The van der Waals surface area contributed by atoms with Gasteiger partial charge in [0, 0.05) is 13.7 Å². The predicted octanol–water partition coefficient (Wildman–Crippen LogP) is 0.0761. The first kappa shape index (κ1) is 17.8. The molecular weight excluding hydrogens is 277 g/mol. The van der Waals surface area contributed by atoms with E-state index in [1.165, 1.54) is 12.1 Å². The van der Waals surface area contributed by atoms with E-state index in [1.807, 2.05) is 0 Å². The van der Waals surface area contributed by atoms with Gasteiger partial charge in [-0.15, -0.1) is 0 Å². The van der Waals surface area contributed by atoms with Crippen molar-refractivity contribution in [1.82, 2.24) is 5.32 Å². The summed E-state index contributed by atoms with van der Waals surface area (Å²) in [7, 11) is -1.48. The van der Waals surface area contributed by atoms with E-state index in [0.717, 1.165) is 7.11 Å². The standard InChI is InChI=1S/C9H13NO3.CH5O4P/c1-10-5-9(13)6-2-3-7(11)8(12)4-6;1-5-6(2,3)4/h2-4,9-13H,5H2,1H3;1H3,(H2,2,3,4). The van der Waals surface area contributed by atoms with E-state index in [2.05, 4.69) is 9.84 Å². The van der Waals surface area contributed by atoms with E-state index in [-0.39, 0.29) is 11.5 Å². The Kier molecular flexibility index (Phi) is 7.62. The summed E-state index contributed by atoms with van der Waals surface area (Å²) in [5, 5.41) is 30.4. The molecule has 0 spiro atoms. The number of aliphatic hydroxyl groups is 1. The summed E-state index contributed by atoms with van der Waals surface area (Å²) in [4.78, 5) is 15.4. The predicted molar refractivity (Wildman–Crippen MR) is 67.7 cm³/mol. The van der Waals surface area contributed by atoms with E-state index >= 15 is 0 Å². The topological polar surface area (TPSA) is 139 Å². The van der Waals surface area contributed by atoms with Crippen molar-refractivity contribution in [3.8, 4) is 11.5 Å². The van der Waals surface area contributed by atoms with E-state index in [9.17, 15) is 9.67 Å². The van der Waals surface area contributed by atoms with Crippen LogP contribution < -0.4 is 5.32 Å². The maximum atomic E-state index is 9.48. The Morgan fingerprint density at radius 2 is 1.84 bits per heavy atom. The zero-order valence-electron chi connectivity index (χ0n) is 10.5. The molecule has 0 radical (unpaired) electrons. The fourth-order valence-electron chi connectivity index (χ4n) is 1.06. The van der Waals surface area contributed by atoms with E-state index in [4.69, 9.17) is 20.0 Å². The molecule has 0 aromatic heterocycles. The van der Waals surface area contributed by atoms with Gasteiger partial charge in [0.15, 0.2) is 11.5 Å². The molecule has 8 nitrogen and oxygen atoms in total. The maximum Gasteiger partial charge on any atom is 0.469 e. The van der Waals surface area contributed by atoms with Crippen LogP contribution in [0.5, 0.6) is 11.5 Å². The number of phenols is 2. The van der Waals surface area contributed by atoms with Crippen LogP contribution in [0.3, 0.4) is 0 Å². The van der Waals surface area contributed by atoms with Gasteiger partial charge < -0.3 is 30.4 Å². The van der Waals surface area contributed by atoms with Crippen molar-refractivity contribution in [2.45, 2.75) is 6.10 Å². The monoisotopic (exact) mass is 295 g/mol. The van der Waals surface area contributed by atoms with Crippen molar-refractivity contribution < 1.29 is 34.2 Å². The first-order chi connectivity index (χ1) is 8.71. The molecule has 0 aliphatic carbocycles. The molecule has 0 saturated carbocycles. The highest BCUT2D eigenvalue weighted by molar-refractivity contribution is 7.46. The average molecular weight is 295 g/mol. The number of aromatic hydroxyl groups is 2. The Balaban J connectivity index is 0.000000459. The van der Waals surface area contributed by atoms with Crippen LogP contribution in [0, 0.1) is 0 Å². The van der Waals surface area contributed by atoms with Gasteiger partial charge in [0.2, 0.25) is 0 Å². The van der Waals surface area contributed by atoms with Crippen molar-refractivity contribution in [3.63, 3.8) is 0 Å². The second kappa shape index (κ2) is 8.11. The third kappa shape index (κ3) is 7.78. The molecule has 0 bridgehead atoms. The number of phosphoric ester groups is 1. The lowest BCUT2D eigenvalue weighted by Gasteiger charge is -2.10. The number of phosphoric acid groups is 1. The average Bonchev–Trinajstić information content (AvgIpc) is 2.33. The highest BCUT2D eigenvalue weighted by Gasteiger charge is 2.08. The first-order valence-corrected chi connectivity index (χ1v) is 6.70. The fraction of sp³-hybridized carbons (Fsp3) is 0.400. The molecule has 1 atom stereocenters. The molecule has 0 heterocycles. The third-order valence-electron chi connectivity index (χ3n) is 2.02. The lowest BCUT2D eigenvalue weighted by atomic mass is 10.1. The van der Waals surface area contributed by atoms with Gasteiger partial charge in [-0.05, 0) is 24.7 Å². The normalized spacial score (nSPS) is 12.5. The summed E-state index contributed by atoms with van der Waals surface area (Å²) in [6, 6.07) is 4.26. The van der Waals surface area contributed by atoms with E-state index < -0.39 is 13.9 Å². The van der Waals surface area contributed by atoms with Crippen molar-refractivity contribution in [1.29, 1.82) is 0 Å². The summed E-state index contributed by atoms with van der Waals surface area (Å²) in [6.45, 7) is 0.407. The summed E-state index contributed by atoms with van der Waals surface area (Å²) in [5.41, 5.74) is 0.574. The Bertz CT molecular complexity index is 434. The molecule has 0 aliphatic heterocycles. The van der Waals surface area contributed by atoms with Gasteiger partial charge in [-0.1, -0.05) is 6.07 Å². The lowest BCUT2D eigenvalue weighted by Crippen LogP contribution is -2.16. The van der Waals surface area contributed by atoms with Crippen LogP contribution in [0.1, 0.15) is 11.7 Å². The molecule has 19 heavy (non-hydrogen) atoms. The number of rotatable bonds is 4. The Labute approximate surface area is 110 Å². The van der Waals surface area contributed by atoms with Crippen molar-refractivity contribution in [2.75, 3.05) is 20.7 Å². The van der Waals surface area contributed by atoms with Crippen LogP contribution in [0.25, 0.3) is 0 Å². The fourth-order valence-corrected chi connectivity index (χ4v) is 1.06. The number of benzene rings is 1. The summed E-state index contributed by atoms with van der Waals surface area (Å²) in [5.74, 6) is -0.395. The van der Waals surface area contributed by atoms with Crippen LogP contribution in [0.4, 0.5) is 0 Å². The van der Waals surface area contributed by atoms with Crippen LogP contribution in [0.2, 0.25) is 0 Å². The SMILES string of the molecule is CNCC(O)c1ccc(O)c(O)c1.COP(=O)(O)O. The van der Waals surface area contributed by atoms with Gasteiger partial charge in [0.25, 0.3) is 0 Å². The summed E-state index contributed by atoms with van der Waals surface area (Å²) < 4.78 is 13.1. The molecule has 9 heteroatoms. The van der Waals surface area contributed by atoms with Gasteiger partial charge in [0.05, 0.1) is 6.10 Å². The quantitative estimate of drug-likeness (QED) is 0.339. The molecule has 0 aliphatic rings. The Morgan fingerprint density at radius 3 is 2.21 bits per heavy atom. The molecule has 0 fully saturated rings.